The molecule has 0 saturated heterocycles. The van der Waals surface area contributed by atoms with Crippen molar-refractivity contribution >= 4 is 137 Å². The molecule has 0 bridgehead atoms. The zero-order valence-corrected chi connectivity index (χ0v) is 34.2. The van der Waals surface area contributed by atoms with Gasteiger partial charge in [-0.05, 0) is 80.7 Å². The monoisotopic (exact) mass is 782 g/mol. The summed E-state index contributed by atoms with van der Waals surface area (Å²) < 4.78 is 4.29. The van der Waals surface area contributed by atoms with E-state index in [0.29, 0.717) is 43.8 Å². The average molecular weight is 782 g/mol. The van der Waals surface area contributed by atoms with Crippen LogP contribution in [0.25, 0.3) is 99.5 Å². The van der Waals surface area contributed by atoms with Gasteiger partial charge in [-0.15, -0.1) is 10.9 Å². The fraction of sp³-hybridized carbons (Fsp3) is 0. The molecule has 0 atom stereocenters. The summed E-state index contributed by atoms with van der Waals surface area (Å²) in [5.41, 5.74) is 14.9. The Hall–Kier alpha value is -6.97. The summed E-state index contributed by atoms with van der Waals surface area (Å²) in [4.78, 5) is 0. The summed E-state index contributed by atoms with van der Waals surface area (Å²) in [5, 5.41) is 3.22. The topological polar surface area (TPSA) is 9.86 Å². The van der Waals surface area contributed by atoms with E-state index in [-0.39, 0.29) is 21.9 Å². The van der Waals surface area contributed by atoms with Crippen LogP contribution in [0.3, 0.4) is 0 Å². The van der Waals surface area contributed by atoms with Crippen LogP contribution in [0.1, 0.15) is 0 Å². The van der Waals surface area contributed by atoms with E-state index >= 15 is 0 Å². The van der Waals surface area contributed by atoms with Crippen molar-refractivity contribution in [3.8, 4) is 55.9 Å². The average Bonchev–Trinajstić information content (AvgIpc) is 3.87. The second-order valence-corrected chi connectivity index (χ2v) is 16.0. The Labute approximate surface area is 375 Å². The van der Waals surface area contributed by atoms with Crippen LogP contribution in [-0.2, 0) is 0 Å². The first-order valence-electron chi connectivity index (χ1n) is 20.7. The highest BCUT2D eigenvalue weighted by molar-refractivity contribution is 6.69. The van der Waals surface area contributed by atoms with Crippen LogP contribution < -0.4 is 38.2 Å². The molecule has 2 heterocycles. The summed E-state index contributed by atoms with van der Waals surface area (Å²) in [7, 11) is 48.6. The molecule has 0 fully saturated rings. The molecule has 0 aliphatic rings. The van der Waals surface area contributed by atoms with E-state index in [4.69, 9.17) is 54.9 Å². The largest absolute Gasteiger partial charge is 0.311 e. The molecule has 63 heavy (non-hydrogen) atoms. The SMILES string of the molecule is [B]c1c([B])c([B])c2c(c1[B])c1c([B])c(-c3ccc4c(c3)c3ccc(-c5ccccc5)cc3n4-c3ccccc3-c3ccccc3)c([B])c([B])c1n2-c1ccc(-c2ccccc2)cc1. The second kappa shape index (κ2) is 15.1. The van der Waals surface area contributed by atoms with Crippen molar-refractivity contribution in [1.29, 1.82) is 0 Å². The molecule has 0 aliphatic carbocycles. The van der Waals surface area contributed by atoms with Crippen molar-refractivity contribution < 1.29 is 0 Å². The maximum absolute atomic E-state index is 7.38. The Bertz CT molecular complexity index is 3620. The van der Waals surface area contributed by atoms with Gasteiger partial charge in [0.2, 0.25) is 0 Å². The van der Waals surface area contributed by atoms with Crippen LogP contribution in [0, 0.1) is 0 Å². The summed E-state index contributed by atoms with van der Waals surface area (Å²) in [6, 6.07) is 60.7. The van der Waals surface area contributed by atoms with Gasteiger partial charge in [-0.2, -0.15) is 0 Å². The van der Waals surface area contributed by atoms with E-state index in [0.717, 1.165) is 72.1 Å². The maximum Gasteiger partial charge on any atom is 0.115 e. The van der Waals surface area contributed by atoms with E-state index in [1.807, 2.05) is 59.2 Å². The van der Waals surface area contributed by atoms with Crippen molar-refractivity contribution in [1.82, 2.24) is 9.13 Å². The van der Waals surface area contributed by atoms with Crippen LogP contribution in [0.4, 0.5) is 0 Å². The maximum atomic E-state index is 7.38. The van der Waals surface area contributed by atoms with Crippen molar-refractivity contribution in [2.24, 2.45) is 0 Å². The van der Waals surface area contributed by atoms with Gasteiger partial charge in [-0.1, -0.05) is 167 Å². The predicted molar refractivity (Wildman–Crippen MR) is 275 cm³/mol. The second-order valence-electron chi connectivity index (χ2n) is 16.0. The van der Waals surface area contributed by atoms with E-state index < -0.39 is 0 Å². The first kappa shape index (κ1) is 38.9. The highest BCUT2D eigenvalue weighted by atomic mass is 15.0. The Morgan fingerprint density at radius 1 is 0.302 bits per heavy atom. The molecule has 9 heteroatoms. The first-order chi connectivity index (χ1) is 30.7. The molecule has 2 aromatic heterocycles. The Morgan fingerprint density at radius 3 is 1.48 bits per heavy atom. The highest BCUT2D eigenvalue weighted by Crippen LogP contribution is 2.40. The lowest BCUT2D eigenvalue weighted by atomic mass is 9.64. The standard InChI is InChI=1S/C54H29B7N2/c55-46-43(47(56)51(60)53-44(46)45-48(57)49(58)50(59)52(61)54(45)62(53)36-24-20-32(21-25-36)30-12-4-1-5-13-30)35-23-27-41-39(28-35)38-26-22-34(31-14-6-2-7-15-31)29-42(38)63(41)40-19-11-10-18-37(40)33-16-8-3-9-17-33/h1-29H. The van der Waals surface area contributed by atoms with Gasteiger partial charge in [-0.25, -0.2) is 0 Å². The fourth-order valence-electron chi connectivity index (χ4n) is 9.47. The zero-order valence-electron chi connectivity index (χ0n) is 34.2. The smallest absolute Gasteiger partial charge is 0.115 e. The molecule has 276 valence electrons. The zero-order chi connectivity index (χ0) is 43.1. The van der Waals surface area contributed by atoms with Crippen molar-refractivity contribution in [2.75, 3.05) is 0 Å². The number of hydrogen-bond acceptors (Lipinski definition) is 0. The molecule has 11 aromatic rings. The minimum atomic E-state index is 0.176. The van der Waals surface area contributed by atoms with Crippen molar-refractivity contribution in [3.63, 3.8) is 0 Å². The third-order valence-electron chi connectivity index (χ3n) is 12.5. The number of nitrogens with zero attached hydrogens (tertiary/aromatic N) is 2. The molecule has 2 nitrogen and oxygen atoms in total. The minimum Gasteiger partial charge on any atom is -0.311 e. The molecule has 14 radical (unpaired) electrons. The molecule has 0 saturated carbocycles. The number of aromatic nitrogens is 2. The Kier molecular flexibility index (Phi) is 9.35. The third-order valence-corrected chi connectivity index (χ3v) is 12.5. The number of para-hydroxylation sites is 1. The van der Waals surface area contributed by atoms with Crippen LogP contribution >= 0.6 is 0 Å². The molecule has 0 aliphatic heterocycles. The lowest BCUT2D eigenvalue weighted by Gasteiger charge is -2.19. The van der Waals surface area contributed by atoms with E-state index in [2.05, 4.69) is 126 Å². The van der Waals surface area contributed by atoms with Crippen LogP contribution in [0.15, 0.2) is 176 Å². The summed E-state index contributed by atoms with van der Waals surface area (Å²) in [6.07, 6.45) is 0. The summed E-state index contributed by atoms with van der Waals surface area (Å²) in [6.45, 7) is 0. The molecule has 0 amide bonds. The van der Waals surface area contributed by atoms with Gasteiger partial charge < -0.3 is 9.13 Å². The molecule has 11 rings (SSSR count). The van der Waals surface area contributed by atoms with Crippen LogP contribution in [0.2, 0.25) is 0 Å². The van der Waals surface area contributed by atoms with Gasteiger partial charge in [-0.3, -0.25) is 0 Å². The summed E-state index contributed by atoms with van der Waals surface area (Å²) >= 11 is 0. The molecular weight excluding hydrogens is 752 g/mol. The number of fused-ring (bicyclic) bond motifs is 6. The van der Waals surface area contributed by atoms with Gasteiger partial charge in [0.15, 0.2) is 0 Å². The molecule has 0 spiro atoms. The Morgan fingerprint density at radius 2 is 0.810 bits per heavy atom. The first-order valence-corrected chi connectivity index (χ1v) is 20.7. The highest BCUT2D eigenvalue weighted by Gasteiger charge is 2.25. The van der Waals surface area contributed by atoms with Crippen molar-refractivity contribution in [2.45, 2.75) is 0 Å². The van der Waals surface area contributed by atoms with Gasteiger partial charge in [0.05, 0.1) is 16.7 Å². The fourth-order valence-corrected chi connectivity index (χ4v) is 9.47. The molecule has 0 N–H and O–H groups in total. The Balaban J connectivity index is 1.18. The number of rotatable bonds is 6. The number of hydrogen-bond donors (Lipinski definition) is 0. The van der Waals surface area contributed by atoms with Gasteiger partial charge >= 0.3 is 0 Å². The van der Waals surface area contributed by atoms with E-state index in [9.17, 15) is 0 Å². The lowest BCUT2D eigenvalue weighted by Crippen LogP contribution is -2.48. The summed E-state index contributed by atoms with van der Waals surface area (Å²) in [5.74, 6) is 0. The lowest BCUT2D eigenvalue weighted by molar-refractivity contribution is 1.18. The minimum absolute atomic E-state index is 0.176. The molecule has 0 unspecified atom stereocenters. The van der Waals surface area contributed by atoms with E-state index in [1.54, 1.807) is 0 Å². The van der Waals surface area contributed by atoms with Crippen molar-refractivity contribution in [3.05, 3.63) is 176 Å². The van der Waals surface area contributed by atoms with Gasteiger partial charge in [0.25, 0.3) is 0 Å². The normalized spacial score (nSPS) is 11.6. The predicted octanol–water partition coefficient (Wildman–Crippen LogP) is 6.11. The van der Waals surface area contributed by atoms with Crippen LogP contribution in [0.5, 0.6) is 0 Å². The van der Waals surface area contributed by atoms with Gasteiger partial charge in [0, 0.05) is 38.4 Å². The van der Waals surface area contributed by atoms with Gasteiger partial charge in [0.1, 0.15) is 54.9 Å². The number of benzene rings is 9. The molecule has 9 aromatic carbocycles. The third kappa shape index (κ3) is 6.04. The van der Waals surface area contributed by atoms with E-state index in [1.165, 1.54) is 0 Å². The van der Waals surface area contributed by atoms with Crippen LogP contribution in [-0.4, -0.2) is 64.1 Å². The quantitative estimate of drug-likeness (QED) is 0.181. The molecular formula is C54H29B7N2.